The van der Waals surface area contributed by atoms with Crippen molar-refractivity contribution in [2.24, 2.45) is 5.92 Å². The zero-order valence-electron chi connectivity index (χ0n) is 20.0. The van der Waals surface area contributed by atoms with Crippen LogP contribution < -0.4 is 10.1 Å². The zero-order chi connectivity index (χ0) is 25.8. The summed E-state index contributed by atoms with van der Waals surface area (Å²) in [6.07, 6.45) is 0.988. The molecule has 0 unspecified atom stereocenters. The number of benzene rings is 2. The van der Waals surface area contributed by atoms with Gasteiger partial charge in [-0.1, -0.05) is 0 Å². The van der Waals surface area contributed by atoms with Gasteiger partial charge in [0.2, 0.25) is 15.9 Å². The summed E-state index contributed by atoms with van der Waals surface area (Å²) >= 11 is 0. The molecule has 2 aromatic rings. The van der Waals surface area contributed by atoms with Crippen molar-refractivity contribution in [3.05, 3.63) is 53.1 Å². The van der Waals surface area contributed by atoms with E-state index in [1.807, 2.05) is 0 Å². The lowest BCUT2D eigenvalue weighted by Crippen LogP contribution is -2.43. The highest BCUT2D eigenvalue weighted by molar-refractivity contribution is 7.89. The van der Waals surface area contributed by atoms with Crippen LogP contribution in [-0.2, 0) is 24.3 Å². The fourth-order valence-corrected chi connectivity index (χ4v) is 5.56. The molecule has 1 heterocycles. The van der Waals surface area contributed by atoms with Crippen molar-refractivity contribution in [1.29, 1.82) is 0 Å². The maximum Gasteiger partial charge on any atom is 0.337 e. The lowest BCUT2D eigenvalue weighted by molar-refractivity contribution is -0.120. The predicted molar refractivity (Wildman–Crippen MR) is 127 cm³/mol. The van der Waals surface area contributed by atoms with Crippen LogP contribution in [0.3, 0.4) is 0 Å². The number of esters is 2. The van der Waals surface area contributed by atoms with Gasteiger partial charge in [-0.3, -0.25) is 4.79 Å². The lowest BCUT2D eigenvalue weighted by atomic mass is 9.98. The van der Waals surface area contributed by atoms with Crippen molar-refractivity contribution in [2.75, 3.05) is 39.7 Å². The molecule has 0 aliphatic carbocycles. The third-order valence-corrected chi connectivity index (χ3v) is 7.66. The number of ether oxygens (including phenoxy) is 3. The van der Waals surface area contributed by atoms with Crippen molar-refractivity contribution in [3.8, 4) is 5.75 Å². The minimum absolute atomic E-state index is 0.000204. The summed E-state index contributed by atoms with van der Waals surface area (Å²) in [6, 6.07) is 8.70. The molecule has 1 atom stereocenters. The number of nitrogens with one attached hydrogen (secondary N) is 1. The van der Waals surface area contributed by atoms with Gasteiger partial charge in [-0.05, 0) is 61.7 Å². The molecule has 10 nitrogen and oxygen atoms in total. The molecule has 1 amide bonds. The number of anilines is 1. The Kier molecular flexibility index (Phi) is 8.13. The molecule has 0 saturated carbocycles. The summed E-state index contributed by atoms with van der Waals surface area (Å²) in [5.41, 5.74) is 1.01. The Bertz CT molecular complexity index is 1210. The van der Waals surface area contributed by atoms with Crippen LogP contribution in [0.15, 0.2) is 41.3 Å². The maximum atomic E-state index is 13.2. The first kappa shape index (κ1) is 26.2. The monoisotopic (exact) mass is 504 g/mol. The lowest BCUT2D eigenvalue weighted by Gasteiger charge is -2.31. The largest absolute Gasteiger partial charge is 0.496 e. The predicted octanol–water partition coefficient (Wildman–Crippen LogP) is 2.62. The van der Waals surface area contributed by atoms with Crippen molar-refractivity contribution in [2.45, 2.75) is 24.7 Å². The Labute approximate surface area is 204 Å². The first-order chi connectivity index (χ1) is 16.6. The van der Waals surface area contributed by atoms with Crippen LogP contribution in [-0.4, -0.2) is 65.0 Å². The number of nitrogens with zero attached hydrogens (tertiary/aromatic N) is 1. The topological polar surface area (TPSA) is 128 Å². The zero-order valence-corrected chi connectivity index (χ0v) is 20.8. The van der Waals surface area contributed by atoms with Crippen molar-refractivity contribution in [3.63, 3.8) is 0 Å². The molecule has 35 heavy (non-hydrogen) atoms. The third kappa shape index (κ3) is 5.80. The summed E-state index contributed by atoms with van der Waals surface area (Å²) in [7, 11) is 0.0995. The van der Waals surface area contributed by atoms with E-state index < -0.39 is 33.8 Å². The molecule has 0 aromatic heterocycles. The third-order valence-electron chi connectivity index (χ3n) is 5.80. The number of piperidine rings is 1. The number of aryl methyl sites for hydroxylation is 1. The van der Waals surface area contributed by atoms with Crippen LogP contribution in [0.25, 0.3) is 0 Å². The molecule has 1 aliphatic rings. The standard InChI is InChI=1S/C24H28N2O8S/c1-15-10-20(7-8-21(15)32-2)35(30,31)26-9-5-6-16(14-26)22(27)25-19-12-17(23(28)33-3)11-18(13-19)24(29)34-4/h7-8,10-13,16H,5-6,9,14H2,1-4H3,(H,25,27)/t16-/m1/s1. The maximum absolute atomic E-state index is 13.2. The highest BCUT2D eigenvalue weighted by atomic mass is 32.2. The molecule has 1 saturated heterocycles. The average Bonchev–Trinajstić information content (AvgIpc) is 2.87. The van der Waals surface area contributed by atoms with Gasteiger partial charge in [0.1, 0.15) is 5.75 Å². The van der Waals surface area contributed by atoms with Crippen LogP contribution in [0.5, 0.6) is 5.75 Å². The highest BCUT2D eigenvalue weighted by Crippen LogP contribution is 2.28. The Morgan fingerprint density at radius 3 is 2.14 bits per heavy atom. The Morgan fingerprint density at radius 2 is 1.60 bits per heavy atom. The Balaban J connectivity index is 1.80. The van der Waals surface area contributed by atoms with Gasteiger partial charge >= 0.3 is 11.9 Å². The molecule has 188 valence electrons. The fourth-order valence-electron chi connectivity index (χ4n) is 3.95. The number of amides is 1. The molecule has 0 bridgehead atoms. The summed E-state index contributed by atoms with van der Waals surface area (Å²) in [5, 5.41) is 2.69. The van der Waals surface area contributed by atoms with Crippen molar-refractivity contribution in [1.82, 2.24) is 4.31 Å². The van der Waals surface area contributed by atoms with E-state index in [1.165, 1.54) is 49.9 Å². The number of carbonyl (C=O) groups is 3. The van der Waals surface area contributed by atoms with E-state index >= 15 is 0 Å². The summed E-state index contributed by atoms with van der Waals surface area (Å²) < 4.78 is 42.4. The number of hydrogen-bond donors (Lipinski definition) is 1. The van der Waals surface area contributed by atoms with Gasteiger partial charge in [-0.2, -0.15) is 4.31 Å². The van der Waals surface area contributed by atoms with Gasteiger partial charge < -0.3 is 19.5 Å². The van der Waals surface area contributed by atoms with Gasteiger partial charge in [-0.25, -0.2) is 18.0 Å². The molecule has 1 aliphatic heterocycles. The molecular formula is C24H28N2O8S. The van der Waals surface area contributed by atoms with Crippen molar-refractivity contribution < 1.29 is 37.0 Å². The summed E-state index contributed by atoms with van der Waals surface area (Å²) in [4.78, 5) is 37.2. The quantitative estimate of drug-likeness (QED) is 0.570. The van der Waals surface area contributed by atoms with Gasteiger partial charge in [-0.15, -0.1) is 0 Å². The minimum atomic E-state index is -3.82. The number of carbonyl (C=O) groups excluding carboxylic acids is 3. The molecule has 1 fully saturated rings. The molecular weight excluding hydrogens is 476 g/mol. The van der Waals surface area contributed by atoms with E-state index in [1.54, 1.807) is 19.1 Å². The van der Waals surface area contributed by atoms with E-state index in [9.17, 15) is 22.8 Å². The molecule has 1 N–H and O–H groups in total. The summed E-state index contributed by atoms with van der Waals surface area (Å²) in [6.45, 7) is 2.05. The van der Waals surface area contributed by atoms with E-state index in [0.29, 0.717) is 30.7 Å². The van der Waals surface area contributed by atoms with Crippen molar-refractivity contribution >= 4 is 33.6 Å². The molecule has 0 radical (unpaired) electrons. The van der Waals surface area contributed by atoms with Crippen LogP contribution in [0.4, 0.5) is 5.69 Å². The minimum Gasteiger partial charge on any atom is -0.496 e. The van der Waals surface area contributed by atoms with E-state index in [2.05, 4.69) is 5.32 Å². The first-order valence-corrected chi connectivity index (χ1v) is 12.3. The van der Waals surface area contributed by atoms with Gasteiger partial charge in [0, 0.05) is 18.8 Å². The van der Waals surface area contributed by atoms with Gasteiger partial charge in [0.25, 0.3) is 0 Å². The Morgan fingerprint density at radius 1 is 0.971 bits per heavy atom. The number of rotatable bonds is 7. The molecule has 2 aromatic carbocycles. The number of sulfonamides is 1. The second kappa shape index (κ2) is 10.9. The summed E-state index contributed by atoms with van der Waals surface area (Å²) in [5.74, 6) is -1.83. The second-order valence-electron chi connectivity index (χ2n) is 8.11. The normalized spacial score (nSPS) is 16.3. The highest BCUT2D eigenvalue weighted by Gasteiger charge is 2.33. The first-order valence-electron chi connectivity index (χ1n) is 10.9. The number of hydrogen-bond acceptors (Lipinski definition) is 8. The van der Waals surface area contributed by atoms with Gasteiger partial charge in [0.15, 0.2) is 0 Å². The second-order valence-corrected chi connectivity index (χ2v) is 10.0. The molecule has 0 spiro atoms. The van der Waals surface area contributed by atoms with Crippen LogP contribution in [0.2, 0.25) is 0 Å². The van der Waals surface area contributed by atoms with E-state index in [4.69, 9.17) is 14.2 Å². The van der Waals surface area contributed by atoms with E-state index in [0.717, 1.165) is 0 Å². The Hall–Kier alpha value is -3.44. The number of methoxy groups -OCH3 is 3. The van der Waals surface area contributed by atoms with Crippen LogP contribution in [0, 0.1) is 12.8 Å². The molecule has 11 heteroatoms. The fraction of sp³-hybridized carbons (Fsp3) is 0.375. The van der Waals surface area contributed by atoms with Gasteiger partial charge in [0.05, 0.1) is 43.3 Å². The SMILES string of the molecule is COC(=O)c1cc(NC(=O)[C@@H]2CCCN(S(=O)(=O)c3ccc(OC)c(C)c3)C2)cc(C(=O)OC)c1. The molecule has 3 rings (SSSR count). The van der Waals surface area contributed by atoms with Crippen LogP contribution in [0.1, 0.15) is 39.1 Å². The average molecular weight is 505 g/mol. The van der Waals surface area contributed by atoms with E-state index in [-0.39, 0.29) is 28.3 Å². The smallest absolute Gasteiger partial charge is 0.337 e. The van der Waals surface area contributed by atoms with Crippen LogP contribution >= 0.6 is 0 Å².